The van der Waals surface area contributed by atoms with E-state index < -0.39 is 0 Å². The molecule has 0 saturated carbocycles. The summed E-state index contributed by atoms with van der Waals surface area (Å²) in [5.74, 6) is 0. The minimum Gasteiger partial charge on any atom is -0.298 e. The Morgan fingerprint density at radius 2 is 2.13 bits per heavy atom. The fraction of sp³-hybridized carbons (Fsp3) is 0.364. The molecule has 0 spiro atoms. The summed E-state index contributed by atoms with van der Waals surface area (Å²) in [4.78, 5) is 14.1. The van der Waals surface area contributed by atoms with Crippen molar-refractivity contribution in [2.24, 2.45) is 0 Å². The van der Waals surface area contributed by atoms with Crippen LogP contribution in [0.15, 0.2) is 28.5 Å². The maximum absolute atomic E-state index is 12.1. The van der Waals surface area contributed by atoms with Crippen molar-refractivity contribution in [2.45, 2.75) is 13.1 Å². The summed E-state index contributed by atoms with van der Waals surface area (Å²) in [6, 6.07) is 3.97. The normalized spacial score (nSPS) is 13.6. The summed E-state index contributed by atoms with van der Waals surface area (Å²) in [6.07, 6.45) is 1.95. The molecule has 0 aromatic carbocycles. The van der Waals surface area contributed by atoms with Crippen LogP contribution in [0, 0.1) is 0 Å². The van der Waals surface area contributed by atoms with Gasteiger partial charge in [0.05, 0.1) is 10.9 Å². The average Bonchev–Trinajstić information content (AvgIpc) is 2.66. The van der Waals surface area contributed by atoms with Crippen molar-refractivity contribution in [1.29, 1.82) is 0 Å². The summed E-state index contributed by atoms with van der Waals surface area (Å²) >= 11 is 1.51. The van der Waals surface area contributed by atoms with Crippen LogP contribution in [-0.4, -0.2) is 23.6 Å². The smallest absolute Gasteiger partial charge is 0.269 e. The number of thiophene rings is 1. The zero-order valence-electron chi connectivity index (χ0n) is 9.10. The average molecular weight is 222 g/mol. The lowest BCUT2D eigenvalue weighted by Gasteiger charge is -2.22. The first kappa shape index (κ1) is 10.4. The van der Waals surface area contributed by atoms with Gasteiger partial charge in [0.2, 0.25) is 0 Å². The number of fused-ring (bicyclic) bond motifs is 1. The number of nitrogens with zero attached hydrogens (tertiary/aromatic N) is 2. The molecule has 1 unspecified atom stereocenters. The van der Waals surface area contributed by atoms with E-state index in [-0.39, 0.29) is 11.7 Å². The van der Waals surface area contributed by atoms with E-state index in [0.29, 0.717) is 0 Å². The van der Waals surface area contributed by atoms with Crippen LogP contribution >= 0.6 is 11.3 Å². The monoisotopic (exact) mass is 222 g/mol. The molecule has 2 rings (SSSR count). The molecule has 80 valence electrons. The van der Waals surface area contributed by atoms with E-state index in [4.69, 9.17) is 0 Å². The Balaban J connectivity index is 2.62. The zero-order valence-corrected chi connectivity index (χ0v) is 9.91. The van der Waals surface area contributed by atoms with E-state index in [0.717, 1.165) is 10.1 Å². The molecule has 0 fully saturated rings. The Morgan fingerprint density at radius 3 is 2.80 bits per heavy atom. The predicted octanol–water partition coefficient (Wildman–Crippen LogP) is 2.14. The standard InChI is InChI=1S/C11H14N2OS/c1-8(12(2)3)13-6-4-9-5-7-15-10(9)11(13)14/h4-8H,1-3H3. The third-order valence-corrected chi connectivity index (χ3v) is 3.61. The van der Waals surface area contributed by atoms with Gasteiger partial charge >= 0.3 is 0 Å². The molecule has 2 aromatic heterocycles. The van der Waals surface area contributed by atoms with Gasteiger partial charge in [0.1, 0.15) is 0 Å². The van der Waals surface area contributed by atoms with Crippen molar-refractivity contribution in [2.75, 3.05) is 14.1 Å². The van der Waals surface area contributed by atoms with E-state index in [2.05, 4.69) is 0 Å². The van der Waals surface area contributed by atoms with E-state index >= 15 is 0 Å². The second kappa shape index (κ2) is 3.79. The van der Waals surface area contributed by atoms with Crippen LogP contribution in [0.25, 0.3) is 10.1 Å². The molecule has 0 aliphatic rings. The number of aromatic nitrogens is 1. The molecule has 15 heavy (non-hydrogen) atoms. The molecule has 4 heteroatoms. The Hall–Kier alpha value is -1.13. The van der Waals surface area contributed by atoms with Crippen LogP contribution < -0.4 is 5.56 Å². The molecule has 0 saturated heterocycles. The summed E-state index contributed by atoms with van der Waals surface area (Å²) in [5, 5.41) is 2.99. The molecule has 3 nitrogen and oxygen atoms in total. The zero-order chi connectivity index (χ0) is 11.0. The van der Waals surface area contributed by atoms with Crippen LogP contribution in [-0.2, 0) is 0 Å². The first-order chi connectivity index (χ1) is 7.11. The summed E-state index contributed by atoms with van der Waals surface area (Å²) in [5.41, 5.74) is 0.101. The number of pyridine rings is 1. The highest BCUT2D eigenvalue weighted by Gasteiger charge is 2.10. The van der Waals surface area contributed by atoms with Gasteiger partial charge in [-0.2, -0.15) is 0 Å². The predicted molar refractivity (Wildman–Crippen MR) is 64.5 cm³/mol. The third-order valence-electron chi connectivity index (χ3n) is 2.69. The summed E-state index contributed by atoms with van der Waals surface area (Å²) < 4.78 is 2.60. The quantitative estimate of drug-likeness (QED) is 0.778. The third kappa shape index (κ3) is 1.70. The minimum absolute atomic E-state index is 0.0870. The van der Waals surface area contributed by atoms with Crippen molar-refractivity contribution in [1.82, 2.24) is 9.47 Å². The molecular formula is C11H14N2OS. The first-order valence-corrected chi connectivity index (χ1v) is 5.74. The van der Waals surface area contributed by atoms with Crippen molar-refractivity contribution in [3.05, 3.63) is 34.1 Å². The summed E-state index contributed by atoms with van der Waals surface area (Å²) in [6.45, 7) is 2.01. The van der Waals surface area contributed by atoms with Gasteiger partial charge in [-0.05, 0) is 43.9 Å². The second-order valence-corrected chi connectivity index (χ2v) is 4.74. The molecule has 1 atom stereocenters. The molecule has 2 aromatic rings. The van der Waals surface area contributed by atoms with E-state index in [9.17, 15) is 4.79 Å². The Bertz CT molecular complexity index is 527. The Morgan fingerprint density at radius 1 is 1.40 bits per heavy atom. The van der Waals surface area contributed by atoms with Gasteiger partial charge in [-0.15, -0.1) is 11.3 Å². The van der Waals surface area contributed by atoms with E-state index in [1.54, 1.807) is 4.57 Å². The SMILES string of the molecule is CC(N(C)C)n1ccc2ccsc2c1=O. The highest BCUT2D eigenvalue weighted by Crippen LogP contribution is 2.17. The van der Waals surface area contributed by atoms with Crippen LogP contribution in [0.3, 0.4) is 0 Å². The van der Waals surface area contributed by atoms with Gasteiger partial charge in [-0.25, -0.2) is 0 Å². The first-order valence-electron chi connectivity index (χ1n) is 4.86. The molecule has 0 bridgehead atoms. The van der Waals surface area contributed by atoms with Crippen LogP contribution in [0.4, 0.5) is 0 Å². The largest absolute Gasteiger partial charge is 0.298 e. The Kier molecular flexibility index (Phi) is 2.63. The molecule has 2 heterocycles. The van der Waals surface area contributed by atoms with Gasteiger partial charge in [0.25, 0.3) is 5.56 Å². The van der Waals surface area contributed by atoms with Crippen molar-refractivity contribution < 1.29 is 0 Å². The maximum atomic E-state index is 12.1. The van der Waals surface area contributed by atoms with Crippen LogP contribution in [0.1, 0.15) is 13.1 Å². The fourth-order valence-corrected chi connectivity index (χ4v) is 2.34. The lowest BCUT2D eigenvalue weighted by Crippen LogP contribution is -2.30. The number of hydrogen-bond acceptors (Lipinski definition) is 3. The number of hydrogen-bond donors (Lipinski definition) is 0. The van der Waals surface area contributed by atoms with E-state index in [1.807, 2.05) is 49.6 Å². The topological polar surface area (TPSA) is 25.2 Å². The maximum Gasteiger partial charge on any atom is 0.269 e. The van der Waals surface area contributed by atoms with E-state index in [1.165, 1.54) is 11.3 Å². The summed E-state index contributed by atoms with van der Waals surface area (Å²) in [7, 11) is 3.94. The lowest BCUT2D eigenvalue weighted by molar-refractivity contribution is 0.234. The molecular weight excluding hydrogens is 208 g/mol. The fourth-order valence-electron chi connectivity index (χ4n) is 1.51. The van der Waals surface area contributed by atoms with Gasteiger partial charge in [0, 0.05) is 6.20 Å². The highest BCUT2D eigenvalue weighted by atomic mass is 32.1. The number of rotatable bonds is 2. The molecule has 0 aliphatic carbocycles. The Labute approximate surface area is 92.6 Å². The van der Waals surface area contributed by atoms with Gasteiger partial charge in [-0.1, -0.05) is 0 Å². The van der Waals surface area contributed by atoms with Crippen molar-refractivity contribution in [3.63, 3.8) is 0 Å². The molecule has 0 aliphatic heterocycles. The molecule has 0 radical (unpaired) electrons. The second-order valence-electron chi connectivity index (χ2n) is 3.83. The van der Waals surface area contributed by atoms with Gasteiger partial charge in [-0.3, -0.25) is 14.3 Å². The van der Waals surface area contributed by atoms with Crippen LogP contribution in [0.2, 0.25) is 0 Å². The van der Waals surface area contributed by atoms with Crippen LogP contribution in [0.5, 0.6) is 0 Å². The van der Waals surface area contributed by atoms with Gasteiger partial charge in [0.15, 0.2) is 0 Å². The van der Waals surface area contributed by atoms with Crippen molar-refractivity contribution in [3.8, 4) is 0 Å². The molecule has 0 amide bonds. The highest BCUT2D eigenvalue weighted by molar-refractivity contribution is 7.17. The van der Waals surface area contributed by atoms with Crippen molar-refractivity contribution >= 4 is 21.4 Å². The molecule has 0 N–H and O–H groups in total. The lowest BCUT2D eigenvalue weighted by atomic mass is 10.3. The van der Waals surface area contributed by atoms with Gasteiger partial charge < -0.3 is 0 Å². The minimum atomic E-state index is 0.0870.